The summed E-state index contributed by atoms with van der Waals surface area (Å²) in [6.07, 6.45) is -0.148. The molecular formula is C18H17N3O2. The van der Waals surface area contributed by atoms with Gasteiger partial charge in [-0.2, -0.15) is 5.26 Å². The monoisotopic (exact) mass is 307 g/mol. The summed E-state index contributed by atoms with van der Waals surface area (Å²) in [5, 5.41) is 13.9. The maximum Gasteiger partial charge on any atom is 0.255 e. The first-order valence-corrected chi connectivity index (χ1v) is 7.19. The second-order valence-electron chi connectivity index (χ2n) is 5.13. The summed E-state index contributed by atoms with van der Waals surface area (Å²) in [6.45, 7) is 2.32. The van der Waals surface area contributed by atoms with Crippen molar-refractivity contribution in [3.8, 4) is 6.07 Å². The summed E-state index contributed by atoms with van der Waals surface area (Å²) in [6, 6.07) is 16.3. The van der Waals surface area contributed by atoms with Gasteiger partial charge in [-0.25, -0.2) is 0 Å². The highest BCUT2D eigenvalue weighted by atomic mass is 16.2. The molecule has 2 amide bonds. The Balaban J connectivity index is 1.92. The smallest absolute Gasteiger partial charge is 0.255 e. The highest BCUT2D eigenvalue weighted by Gasteiger charge is 2.06. The standard InChI is InChI=1S/C18H17N3O2/c1-13-2-6-15(7-3-13)18(23)21-16-8-4-14(5-9-16)12-20-17(22)10-11-19/h2-9H,10,12H2,1H3,(H,20,22)(H,21,23). The molecule has 0 spiro atoms. The fourth-order valence-corrected chi connectivity index (χ4v) is 1.95. The van der Waals surface area contributed by atoms with Crippen molar-refractivity contribution >= 4 is 17.5 Å². The van der Waals surface area contributed by atoms with E-state index in [0.717, 1.165) is 11.1 Å². The number of nitrogens with one attached hydrogen (secondary N) is 2. The minimum Gasteiger partial charge on any atom is -0.351 e. The van der Waals surface area contributed by atoms with E-state index in [0.29, 0.717) is 17.8 Å². The number of anilines is 1. The van der Waals surface area contributed by atoms with Crippen LogP contribution in [0.5, 0.6) is 0 Å². The van der Waals surface area contributed by atoms with Crippen molar-refractivity contribution in [3.63, 3.8) is 0 Å². The fraction of sp³-hybridized carbons (Fsp3) is 0.167. The zero-order chi connectivity index (χ0) is 16.7. The maximum atomic E-state index is 12.1. The molecule has 23 heavy (non-hydrogen) atoms. The Morgan fingerprint density at radius 2 is 1.70 bits per heavy atom. The largest absolute Gasteiger partial charge is 0.351 e. The van der Waals surface area contributed by atoms with Crippen molar-refractivity contribution < 1.29 is 9.59 Å². The van der Waals surface area contributed by atoms with E-state index in [2.05, 4.69) is 10.6 Å². The van der Waals surface area contributed by atoms with Crippen LogP contribution < -0.4 is 10.6 Å². The molecule has 0 atom stereocenters. The number of hydrogen-bond donors (Lipinski definition) is 2. The third kappa shape index (κ3) is 4.97. The quantitative estimate of drug-likeness (QED) is 0.891. The van der Waals surface area contributed by atoms with Crippen molar-refractivity contribution in [3.05, 3.63) is 65.2 Å². The van der Waals surface area contributed by atoms with Crippen molar-refractivity contribution in [2.75, 3.05) is 5.32 Å². The lowest BCUT2D eigenvalue weighted by Crippen LogP contribution is -2.21. The molecule has 0 unspecified atom stereocenters. The van der Waals surface area contributed by atoms with Gasteiger partial charge in [0.25, 0.3) is 5.91 Å². The van der Waals surface area contributed by atoms with Crippen LogP contribution in [0.2, 0.25) is 0 Å². The molecule has 2 N–H and O–H groups in total. The molecule has 0 saturated carbocycles. The van der Waals surface area contributed by atoms with Gasteiger partial charge >= 0.3 is 0 Å². The van der Waals surface area contributed by atoms with Gasteiger partial charge in [-0.05, 0) is 36.8 Å². The molecule has 2 aromatic carbocycles. The molecule has 116 valence electrons. The van der Waals surface area contributed by atoms with E-state index in [9.17, 15) is 9.59 Å². The molecule has 2 rings (SSSR count). The Hall–Kier alpha value is -3.13. The molecule has 2 aromatic rings. The molecule has 5 heteroatoms. The van der Waals surface area contributed by atoms with Crippen molar-refractivity contribution in [2.24, 2.45) is 0 Å². The summed E-state index contributed by atoms with van der Waals surface area (Å²) < 4.78 is 0. The first kappa shape index (κ1) is 16.2. The van der Waals surface area contributed by atoms with E-state index in [1.807, 2.05) is 31.2 Å². The van der Waals surface area contributed by atoms with Crippen LogP contribution in [0.1, 0.15) is 27.9 Å². The summed E-state index contributed by atoms with van der Waals surface area (Å²) in [7, 11) is 0. The molecule has 0 heterocycles. The second kappa shape index (κ2) is 7.76. The summed E-state index contributed by atoms with van der Waals surface area (Å²) in [4.78, 5) is 23.3. The van der Waals surface area contributed by atoms with Crippen LogP contribution in [-0.2, 0) is 11.3 Å². The fourth-order valence-electron chi connectivity index (χ4n) is 1.95. The second-order valence-corrected chi connectivity index (χ2v) is 5.13. The van der Waals surface area contributed by atoms with E-state index in [-0.39, 0.29) is 18.2 Å². The van der Waals surface area contributed by atoms with Crippen molar-refractivity contribution in [1.29, 1.82) is 5.26 Å². The number of rotatable bonds is 5. The molecule has 0 radical (unpaired) electrons. The van der Waals surface area contributed by atoms with E-state index >= 15 is 0 Å². The Morgan fingerprint density at radius 3 is 2.30 bits per heavy atom. The zero-order valence-electron chi connectivity index (χ0n) is 12.8. The van der Waals surface area contributed by atoms with Crippen LogP contribution in [0.4, 0.5) is 5.69 Å². The molecule has 5 nitrogen and oxygen atoms in total. The minimum atomic E-state index is -0.302. The van der Waals surface area contributed by atoms with Gasteiger partial charge in [0, 0.05) is 17.8 Å². The minimum absolute atomic E-state index is 0.148. The van der Waals surface area contributed by atoms with Gasteiger partial charge in [0.15, 0.2) is 0 Å². The predicted octanol–water partition coefficient (Wildman–Crippen LogP) is 2.78. The average molecular weight is 307 g/mol. The van der Waals surface area contributed by atoms with Crippen LogP contribution in [0, 0.1) is 18.3 Å². The van der Waals surface area contributed by atoms with Crippen LogP contribution in [0.3, 0.4) is 0 Å². The van der Waals surface area contributed by atoms with Gasteiger partial charge in [-0.1, -0.05) is 29.8 Å². The lowest BCUT2D eigenvalue weighted by Gasteiger charge is -2.07. The van der Waals surface area contributed by atoms with Crippen LogP contribution in [-0.4, -0.2) is 11.8 Å². The van der Waals surface area contributed by atoms with Gasteiger partial charge in [-0.3, -0.25) is 9.59 Å². The lowest BCUT2D eigenvalue weighted by molar-refractivity contribution is -0.120. The first-order valence-electron chi connectivity index (χ1n) is 7.19. The van der Waals surface area contributed by atoms with Crippen LogP contribution >= 0.6 is 0 Å². The van der Waals surface area contributed by atoms with E-state index in [1.54, 1.807) is 30.3 Å². The number of aryl methyl sites for hydroxylation is 1. The topological polar surface area (TPSA) is 82.0 Å². The van der Waals surface area contributed by atoms with Crippen molar-refractivity contribution in [1.82, 2.24) is 5.32 Å². The third-order valence-electron chi connectivity index (χ3n) is 3.25. The van der Waals surface area contributed by atoms with Gasteiger partial charge in [0.2, 0.25) is 5.91 Å². The molecule has 0 aliphatic rings. The Kier molecular flexibility index (Phi) is 5.48. The van der Waals surface area contributed by atoms with Gasteiger partial charge in [0.1, 0.15) is 6.42 Å². The molecule has 0 aliphatic carbocycles. The lowest BCUT2D eigenvalue weighted by atomic mass is 10.1. The molecule has 0 bridgehead atoms. The molecule has 0 saturated heterocycles. The summed E-state index contributed by atoms with van der Waals surface area (Å²) in [5.41, 5.74) is 3.28. The first-order chi connectivity index (χ1) is 11.1. The normalized spacial score (nSPS) is 9.74. The Labute approximate surface area is 134 Å². The molecule has 0 fully saturated rings. The zero-order valence-corrected chi connectivity index (χ0v) is 12.8. The number of carbonyl (C=O) groups excluding carboxylic acids is 2. The molecular weight excluding hydrogens is 290 g/mol. The van der Waals surface area contributed by atoms with E-state index in [4.69, 9.17) is 5.26 Å². The van der Waals surface area contributed by atoms with E-state index < -0.39 is 0 Å². The number of nitriles is 1. The number of hydrogen-bond acceptors (Lipinski definition) is 3. The summed E-state index contributed by atoms with van der Waals surface area (Å²) >= 11 is 0. The molecule has 0 aliphatic heterocycles. The molecule has 0 aromatic heterocycles. The summed E-state index contributed by atoms with van der Waals surface area (Å²) in [5.74, 6) is -0.468. The maximum absolute atomic E-state index is 12.1. The van der Waals surface area contributed by atoms with Gasteiger partial charge in [0.05, 0.1) is 6.07 Å². The van der Waals surface area contributed by atoms with E-state index in [1.165, 1.54) is 0 Å². The third-order valence-corrected chi connectivity index (χ3v) is 3.25. The number of nitrogens with zero attached hydrogens (tertiary/aromatic N) is 1. The number of carbonyl (C=O) groups is 2. The highest BCUT2D eigenvalue weighted by molar-refractivity contribution is 6.04. The van der Waals surface area contributed by atoms with Gasteiger partial charge < -0.3 is 10.6 Å². The van der Waals surface area contributed by atoms with Crippen LogP contribution in [0.15, 0.2) is 48.5 Å². The van der Waals surface area contributed by atoms with Crippen molar-refractivity contribution in [2.45, 2.75) is 19.9 Å². The SMILES string of the molecule is Cc1ccc(C(=O)Nc2ccc(CNC(=O)CC#N)cc2)cc1. The Bertz CT molecular complexity index is 728. The number of amides is 2. The highest BCUT2D eigenvalue weighted by Crippen LogP contribution is 2.12. The van der Waals surface area contributed by atoms with Gasteiger partial charge in [-0.15, -0.1) is 0 Å². The number of benzene rings is 2. The predicted molar refractivity (Wildman–Crippen MR) is 87.7 cm³/mol. The Morgan fingerprint density at radius 1 is 1.04 bits per heavy atom. The van der Waals surface area contributed by atoms with Crippen LogP contribution in [0.25, 0.3) is 0 Å². The average Bonchev–Trinajstić information content (AvgIpc) is 2.55.